The van der Waals surface area contributed by atoms with Crippen molar-refractivity contribution in [2.24, 2.45) is 7.05 Å². The molecule has 29 heavy (non-hydrogen) atoms. The molecule has 0 aliphatic carbocycles. The molecule has 0 saturated heterocycles. The minimum Gasteiger partial charge on any atom is -0.350 e. The Morgan fingerprint density at radius 1 is 1.14 bits per heavy atom. The van der Waals surface area contributed by atoms with E-state index in [4.69, 9.17) is 0 Å². The number of likely N-dealkylation sites (N-methyl/N-ethyl adjacent to an activating group) is 1. The Labute approximate surface area is 169 Å². The lowest BCUT2D eigenvalue weighted by Crippen LogP contribution is -2.40. The topological polar surface area (TPSA) is 66.4 Å². The van der Waals surface area contributed by atoms with Crippen LogP contribution < -0.4 is 10.6 Å². The summed E-state index contributed by atoms with van der Waals surface area (Å²) < 4.78 is 15.7. The third-order valence-corrected chi connectivity index (χ3v) is 5.00. The number of hydrogen-bond donors (Lipinski definition) is 2. The third-order valence-electron chi connectivity index (χ3n) is 5.00. The van der Waals surface area contributed by atoms with Gasteiger partial charge >= 0.3 is 11.8 Å². The van der Waals surface area contributed by atoms with Crippen LogP contribution in [0.15, 0.2) is 48.7 Å². The second-order valence-electron chi connectivity index (χ2n) is 7.32. The Hall–Kier alpha value is -3.19. The average molecular weight is 396 g/mol. The second-order valence-corrected chi connectivity index (χ2v) is 7.32. The van der Waals surface area contributed by atoms with Gasteiger partial charge in [-0.25, -0.2) is 4.39 Å². The van der Waals surface area contributed by atoms with Crippen LogP contribution in [0.1, 0.15) is 17.2 Å². The van der Waals surface area contributed by atoms with Gasteiger partial charge in [0.2, 0.25) is 0 Å². The van der Waals surface area contributed by atoms with Gasteiger partial charge in [-0.05, 0) is 50.3 Å². The SMILES string of the molecule is Cc1ccc(NC(=O)C(=O)NC[C@H](c2cn(C)c3ccccc23)N(C)C)cc1F. The van der Waals surface area contributed by atoms with E-state index >= 15 is 0 Å². The number of anilines is 1. The number of amides is 2. The molecule has 0 fully saturated rings. The predicted octanol–water partition coefficient (Wildman–Crippen LogP) is 2.98. The molecule has 0 aliphatic heterocycles. The fourth-order valence-corrected chi connectivity index (χ4v) is 3.34. The molecule has 3 rings (SSSR count). The van der Waals surface area contributed by atoms with E-state index in [1.165, 1.54) is 6.07 Å². The number of para-hydroxylation sites is 1. The van der Waals surface area contributed by atoms with Gasteiger partial charge in [-0.3, -0.25) is 9.59 Å². The van der Waals surface area contributed by atoms with Gasteiger partial charge in [-0.15, -0.1) is 0 Å². The minimum absolute atomic E-state index is 0.116. The zero-order valence-corrected chi connectivity index (χ0v) is 17.0. The van der Waals surface area contributed by atoms with Crippen molar-refractivity contribution in [3.8, 4) is 0 Å². The molecular weight excluding hydrogens is 371 g/mol. The first-order valence-electron chi connectivity index (χ1n) is 9.33. The van der Waals surface area contributed by atoms with Crippen molar-refractivity contribution in [2.75, 3.05) is 26.0 Å². The van der Waals surface area contributed by atoms with Crippen LogP contribution in [0.25, 0.3) is 10.9 Å². The van der Waals surface area contributed by atoms with Gasteiger partial charge < -0.3 is 20.1 Å². The Morgan fingerprint density at radius 3 is 2.55 bits per heavy atom. The normalized spacial score (nSPS) is 12.2. The van der Waals surface area contributed by atoms with E-state index in [-0.39, 0.29) is 18.3 Å². The van der Waals surface area contributed by atoms with Gasteiger partial charge in [-0.1, -0.05) is 24.3 Å². The van der Waals surface area contributed by atoms with E-state index in [0.717, 1.165) is 16.5 Å². The van der Waals surface area contributed by atoms with Crippen LogP contribution in [0.3, 0.4) is 0 Å². The number of nitrogens with zero attached hydrogens (tertiary/aromatic N) is 2. The van der Waals surface area contributed by atoms with Crippen LogP contribution in [0.5, 0.6) is 0 Å². The van der Waals surface area contributed by atoms with E-state index in [9.17, 15) is 14.0 Å². The molecule has 2 N–H and O–H groups in total. The smallest absolute Gasteiger partial charge is 0.313 e. The van der Waals surface area contributed by atoms with Crippen molar-refractivity contribution in [3.63, 3.8) is 0 Å². The standard InChI is InChI=1S/C22H25FN4O2/c1-14-9-10-15(11-18(14)23)25-22(29)21(28)24-12-20(26(2)3)17-13-27(4)19-8-6-5-7-16(17)19/h5-11,13,20H,12H2,1-4H3,(H,24,28)(H,25,29)/t20-/m1/s1. The van der Waals surface area contributed by atoms with Crippen LogP contribution in [0, 0.1) is 12.7 Å². The highest BCUT2D eigenvalue weighted by atomic mass is 19.1. The maximum Gasteiger partial charge on any atom is 0.313 e. The van der Waals surface area contributed by atoms with Crippen molar-refractivity contribution >= 4 is 28.4 Å². The molecule has 2 amide bonds. The number of rotatable bonds is 5. The first-order valence-corrected chi connectivity index (χ1v) is 9.33. The molecule has 152 valence electrons. The van der Waals surface area contributed by atoms with Crippen LogP contribution in [-0.2, 0) is 16.6 Å². The molecule has 0 spiro atoms. The highest BCUT2D eigenvalue weighted by Crippen LogP contribution is 2.28. The molecule has 1 atom stereocenters. The number of aromatic nitrogens is 1. The van der Waals surface area contributed by atoms with Gasteiger partial charge in [0.15, 0.2) is 0 Å². The first kappa shape index (κ1) is 20.5. The highest BCUT2D eigenvalue weighted by molar-refractivity contribution is 6.39. The van der Waals surface area contributed by atoms with Crippen molar-refractivity contribution in [1.29, 1.82) is 0 Å². The number of halogens is 1. The van der Waals surface area contributed by atoms with E-state index in [0.29, 0.717) is 5.56 Å². The van der Waals surface area contributed by atoms with Crippen molar-refractivity contribution in [1.82, 2.24) is 14.8 Å². The Morgan fingerprint density at radius 2 is 1.86 bits per heavy atom. The van der Waals surface area contributed by atoms with E-state index in [1.54, 1.807) is 19.1 Å². The quantitative estimate of drug-likeness (QED) is 0.652. The summed E-state index contributed by atoms with van der Waals surface area (Å²) in [5.41, 5.74) is 2.87. The molecular formula is C22H25FN4O2. The summed E-state index contributed by atoms with van der Waals surface area (Å²) in [4.78, 5) is 26.5. The number of carbonyl (C=O) groups excluding carboxylic acids is 2. The van der Waals surface area contributed by atoms with Crippen molar-refractivity contribution in [2.45, 2.75) is 13.0 Å². The third kappa shape index (κ3) is 4.46. The number of carbonyl (C=O) groups is 2. The van der Waals surface area contributed by atoms with Crippen LogP contribution in [0.2, 0.25) is 0 Å². The fourth-order valence-electron chi connectivity index (χ4n) is 3.34. The molecule has 0 aliphatic rings. The summed E-state index contributed by atoms with van der Waals surface area (Å²) in [5.74, 6) is -2.03. The maximum atomic E-state index is 13.6. The largest absolute Gasteiger partial charge is 0.350 e. The summed E-state index contributed by atoms with van der Waals surface area (Å²) in [6.45, 7) is 1.89. The van der Waals surface area contributed by atoms with E-state index in [1.807, 2.05) is 61.1 Å². The van der Waals surface area contributed by atoms with E-state index < -0.39 is 17.6 Å². The number of hydrogen-bond acceptors (Lipinski definition) is 3. The Balaban J connectivity index is 1.70. The summed E-state index contributed by atoms with van der Waals surface area (Å²) in [6, 6.07) is 12.2. The molecule has 0 saturated carbocycles. The van der Waals surface area contributed by atoms with Gasteiger partial charge in [0.05, 0.1) is 6.04 Å². The minimum atomic E-state index is -0.830. The van der Waals surface area contributed by atoms with Gasteiger partial charge in [0.25, 0.3) is 0 Å². The summed E-state index contributed by atoms with van der Waals surface area (Å²) in [7, 11) is 5.83. The number of fused-ring (bicyclic) bond motifs is 1. The predicted molar refractivity (Wildman–Crippen MR) is 112 cm³/mol. The lowest BCUT2D eigenvalue weighted by Gasteiger charge is -2.24. The highest BCUT2D eigenvalue weighted by Gasteiger charge is 2.22. The van der Waals surface area contributed by atoms with Gasteiger partial charge in [0, 0.05) is 36.4 Å². The molecule has 0 bridgehead atoms. The monoisotopic (exact) mass is 396 g/mol. The summed E-state index contributed by atoms with van der Waals surface area (Å²) in [6.07, 6.45) is 2.04. The maximum absolute atomic E-state index is 13.6. The molecule has 7 heteroatoms. The van der Waals surface area contributed by atoms with Gasteiger partial charge in [0.1, 0.15) is 5.82 Å². The molecule has 6 nitrogen and oxygen atoms in total. The molecule has 0 radical (unpaired) electrons. The summed E-state index contributed by atoms with van der Waals surface area (Å²) >= 11 is 0. The molecule has 1 heterocycles. The average Bonchev–Trinajstić information content (AvgIpc) is 3.01. The lowest BCUT2D eigenvalue weighted by atomic mass is 10.0. The van der Waals surface area contributed by atoms with Crippen molar-refractivity contribution < 1.29 is 14.0 Å². The zero-order valence-electron chi connectivity index (χ0n) is 17.0. The molecule has 3 aromatic rings. The Bertz CT molecular complexity index is 1060. The fraction of sp³-hybridized carbons (Fsp3) is 0.273. The summed E-state index contributed by atoms with van der Waals surface area (Å²) in [5, 5.41) is 6.21. The molecule has 2 aromatic carbocycles. The zero-order chi connectivity index (χ0) is 21.1. The number of aryl methyl sites for hydroxylation is 2. The first-order chi connectivity index (χ1) is 13.8. The van der Waals surface area contributed by atoms with Gasteiger partial charge in [-0.2, -0.15) is 0 Å². The molecule has 0 unspecified atom stereocenters. The van der Waals surface area contributed by atoms with Crippen molar-refractivity contribution in [3.05, 3.63) is 65.6 Å². The lowest BCUT2D eigenvalue weighted by molar-refractivity contribution is -0.136. The number of nitrogens with one attached hydrogen (secondary N) is 2. The number of benzene rings is 2. The Kier molecular flexibility index (Phi) is 5.98. The van der Waals surface area contributed by atoms with E-state index in [2.05, 4.69) is 10.6 Å². The molecule has 1 aromatic heterocycles. The van der Waals surface area contributed by atoms with Crippen LogP contribution in [-0.4, -0.2) is 41.9 Å². The second kappa shape index (κ2) is 8.45. The van der Waals surface area contributed by atoms with Crippen LogP contribution >= 0.6 is 0 Å². The van der Waals surface area contributed by atoms with Crippen LogP contribution in [0.4, 0.5) is 10.1 Å².